The van der Waals surface area contributed by atoms with Crippen LogP contribution < -0.4 is 11.5 Å². The number of hydrogen-bond donors (Lipinski definition) is 2. The number of rotatable bonds is 0. The second-order valence-corrected chi connectivity index (χ2v) is 2.86. The number of nitrogens with two attached hydrogens (primary N) is 2. The van der Waals surface area contributed by atoms with Gasteiger partial charge in [0.2, 0.25) is 5.95 Å². The second-order valence-electron chi connectivity index (χ2n) is 2.47. The van der Waals surface area contributed by atoms with Crippen LogP contribution in [0.15, 0.2) is 12.1 Å². The normalized spacial score (nSPS) is 10.5. The third-order valence-electron chi connectivity index (χ3n) is 1.57. The highest BCUT2D eigenvalue weighted by Gasteiger charge is 2.03. The van der Waals surface area contributed by atoms with Crippen molar-refractivity contribution in [2.75, 3.05) is 11.5 Å². The van der Waals surface area contributed by atoms with Gasteiger partial charge in [0, 0.05) is 0 Å². The topological polar surface area (TPSA) is 90.7 Å². The highest BCUT2D eigenvalue weighted by molar-refractivity contribution is 6.29. The third-order valence-corrected chi connectivity index (χ3v) is 1.78. The van der Waals surface area contributed by atoms with Gasteiger partial charge in [-0.1, -0.05) is 11.6 Å². The molecule has 0 aliphatic rings. The fourth-order valence-electron chi connectivity index (χ4n) is 1.03. The van der Waals surface area contributed by atoms with Crippen LogP contribution in [0.25, 0.3) is 11.0 Å². The number of halogens is 1. The van der Waals surface area contributed by atoms with Crippen molar-refractivity contribution in [2.24, 2.45) is 0 Å². The van der Waals surface area contributed by atoms with Gasteiger partial charge in [0.15, 0.2) is 5.65 Å². The van der Waals surface area contributed by atoms with E-state index in [0.717, 1.165) is 0 Å². The Morgan fingerprint density at radius 2 is 1.85 bits per heavy atom. The van der Waals surface area contributed by atoms with Crippen LogP contribution in [0, 0.1) is 0 Å². The van der Waals surface area contributed by atoms with E-state index < -0.39 is 0 Å². The zero-order valence-corrected chi connectivity index (χ0v) is 7.28. The van der Waals surface area contributed by atoms with Crippen molar-refractivity contribution in [2.45, 2.75) is 0 Å². The Labute approximate surface area is 78.8 Å². The Bertz CT molecular complexity index is 464. The van der Waals surface area contributed by atoms with Gasteiger partial charge >= 0.3 is 0 Å². The van der Waals surface area contributed by atoms with Gasteiger partial charge < -0.3 is 11.5 Å². The molecule has 2 aromatic heterocycles. The molecule has 5 nitrogen and oxygen atoms in total. The average Bonchev–Trinajstić information content (AvgIpc) is 2.02. The number of pyridine rings is 1. The van der Waals surface area contributed by atoms with Crippen molar-refractivity contribution in [3.05, 3.63) is 17.3 Å². The molecule has 0 saturated heterocycles. The first-order valence-electron chi connectivity index (χ1n) is 3.52. The summed E-state index contributed by atoms with van der Waals surface area (Å²) < 4.78 is 0. The molecule has 0 spiro atoms. The minimum atomic E-state index is 0.0970. The standard InChI is InChI=1S/C7H6ClN5/c8-4-2-1-3-5(9)12-7(10)13-6(3)11-4/h1-2H,(H4,9,10,11,12,13). The van der Waals surface area contributed by atoms with Crippen LogP contribution in [0.3, 0.4) is 0 Å². The molecule has 0 radical (unpaired) electrons. The van der Waals surface area contributed by atoms with Gasteiger partial charge in [-0.15, -0.1) is 0 Å². The lowest BCUT2D eigenvalue weighted by Crippen LogP contribution is -2.01. The number of aromatic nitrogens is 3. The van der Waals surface area contributed by atoms with Crippen LogP contribution in [-0.2, 0) is 0 Å². The molecule has 66 valence electrons. The van der Waals surface area contributed by atoms with E-state index in [2.05, 4.69) is 15.0 Å². The molecule has 0 bridgehead atoms. The Balaban J connectivity index is 2.86. The number of fused-ring (bicyclic) bond motifs is 1. The molecule has 0 fully saturated rings. The summed E-state index contributed by atoms with van der Waals surface area (Å²) >= 11 is 5.67. The smallest absolute Gasteiger partial charge is 0.224 e. The molecule has 0 aliphatic heterocycles. The molecule has 0 aliphatic carbocycles. The molecule has 0 atom stereocenters. The number of nitrogen functional groups attached to an aromatic ring is 2. The molecule has 4 N–H and O–H groups in total. The number of anilines is 2. The molecule has 13 heavy (non-hydrogen) atoms. The first kappa shape index (κ1) is 8.00. The minimum Gasteiger partial charge on any atom is -0.383 e. The van der Waals surface area contributed by atoms with E-state index >= 15 is 0 Å². The molecule has 0 aromatic carbocycles. The predicted octanol–water partition coefficient (Wildman–Crippen LogP) is 0.843. The van der Waals surface area contributed by atoms with Crippen molar-refractivity contribution in [1.82, 2.24) is 15.0 Å². The lowest BCUT2D eigenvalue weighted by molar-refractivity contribution is 1.20. The summed E-state index contributed by atoms with van der Waals surface area (Å²) in [5.41, 5.74) is 11.4. The number of hydrogen-bond acceptors (Lipinski definition) is 5. The molecule has 2 rings (SSSR count). The number of nitrogens with zero attached hydrogens (tertiary/aromatic N) is 3. The van der Waals surface area contributed by atoms with E-state index in [1.807, 2.05) is 0 Å². The van der Waals surface area contributed by atoms with Crippen molar-refractivity contribution in [3.63, 3.8) is 0 Å². The molecule has 0 saturated carbocycles. The maximum atomic E-state index is 5.67. The maximum Gasteiger partial charge on any atom is 0.224 e. The molecule has 2 heterocycles. The molecular formula is C7H6ClN5. The van der Waals surface area contributed by atoms with Gasteiger partial charge in [0.1, 0.15) is 11.0 Å². The summed E-state index contributed by atoms with van der Waals surface area (Å²) in [6.45, 7) is 0. The zero-order chi connectivity index (χ0) is 9.42. The highest BCUT2D eigenvalue weighted by atomic mass is 35.5. The fraction of sp³-hybridized carbons (Fsp3) is 0. The minimum absolute atomic E-state index is 0.0970. The van der Waals surface area contributed by atoms with Crippen LogP contribution >= 0.6 is 11.6 Å². The van der Waals surface area contributed by atoms with Crippen LogP contribution in [0.5, 0.6) is 0 Å². The summed E-state index contributed by atoms with van der Waals surface area (Å²) in [5, 5.41) is 1.00. The van der Waals surface area contributed by atoms with E-state index in [1.54, 1.807) is 12.1 Å². The Morgan fingerprint density at radius 3 is 2.62 bits per heavy atom. The van der Waals surface area contributed by atoms with Crippen molar-refractivity contribution in [3.8, 4) is 0 Å². The van der Waals surface area contributed by atoms with Gasteiger partial charge in [0.25, 0.3) is 0 Å². The van der Waals surface area contributed by atoms with Gasteiger partial charge in [-0.25, -0.2) is 4.98 Å². The summed E-state index contributed by atoms with van der Waals surface area (Å²) in [7, 11) is 0. The molecule has 2 aromatic rings. The van der Waals surface area contributed by atoms with Crippen LogP contribution in [-0.4, -0.2) is 15.0 Å². The van der Waals surface area contributed by atoms with Crippen molar-refractivity contribution < 1.29 is 0 Å². The molecular weight excluding hydrogens is 190 g/mol. The molecule has 6 heteroatoms. The Kier molecular flexibility index (Phi) is 1.66. The summed E-state index contributed by atoms with van der Waals surface area (Å²) in [4.78, 5) is 11.6. The fourth-order valence-corrected chi connectivity index (χ4v) is 1.17. The first-order chi connectivity index (χ1) is 6.16. The summed E-state index contributed by atoms with van der Waals surface area (Å²) in [5.74, 6) is 0.409. The van der Waals surface area contributed by atoms with Gasteiger partial charge in [-0.2, -0.15) is 9.97 Å². The zero-order valence-electron chi connectivity index (χ0n) is 6.53. The van der Waals surface area contributed by atoms with Gasteiger partial charge in [-0.3, -0.25) is 0 Å². The van der Waals surface area contributed by atoms with E-state index in [-0.39, 0.29) is 5.95 Å². The first-order valence-corrected chi connectivity index (χ1v) is 3.90. The van der Waals surface area contributed by atoms with Crippen molar-refractivity contribution >= 4 is 34.4 Å². The highest BCUT2D eigenvalue weighted by Crippen LogP contribution is 2.18. The lowest BCUT2D eigenvalue weighted by Gasteiger charge is -2.00. The monoisotopic (exact) mass is 195 g/mol. The van der Waals surface area contributed by atoms with E-state index in [4.69, 9.17) is 23.1 Å². The van der Waals surface area contributed by atoms with Crippen LogP contribution in [0.1, 0.15) is 0 Å². The quantitative estimate of drug-likeness (QED) is 0.608. The Hall–Kier alpha value is -1.62. The van der Waals surface area contributed by atoms with E-state index in [9.17, 15) is 0 Å². The van der Waals surface area contributed by atoms with Crippen LogP contribution in [0.2, 0.25) is 5.15 Å². The van der Waals surface area contributed by atoms with Gasteiger partial charge in [0.05, 0.1) is 5.39 Å². The maximum absolute atomic E-state index is 5.67. The molecule has 0 amide bonds. The Morgan fingerprint density at radius 1 is 1.08 bits per heavy atom. The van der Waals surface area contributed by atoms with E-state index in [1.165, 1.54) is 0 Å². The summed E-state index contributed by atoms with van der Waals surface area (Å²) in [6, 6.07) is 3.33. The van der Waals surface area contributed by atoms with Gasteiger partial charge in [-0.05, 0) is 12.1 Å². The van der Waals surface area contributed by atoms with Crippen LogP contribution in [0.4, 0.5) is 11.8 Å². The van der Waals surface area contributed by atoms with Crippen molar-refractivity contribution in [1.29, 1.82) is 0 Å². The van der Waals surface area contributed by atoms with E-state index in [0.29, 0.717) is 22.0 Å². The molecule has 0 unspecified atom stereocenters. The second kappa shape index (κ2) is 2.70. The largest absolute Gasteiger partial charge is 0.383 e. The SMILES string of the molecule is Nc1nc(N)c2ccc(Cl)nc2n1. The summed E-state index contributed by atoms with van der Waals surface area (Å²) in [6.07, 6.45) is 0. The average molecular weight is 196 g/mol. The third kappa shape index (κ3) is 1.33. The lowest BCUT2D eigenvalue weighted by atomic mass is 10.3. The predicted molar refractivity (Wildman–Crippen MR) is 51.2 cm³/mol.